The highest BCUT2D eigenvalue weighted by molar-refractivity contribution is 5.72. The van der Waals surface area contributed by atoms with E-state index in [-0.39, 0.29) is 24.1 Å². The lowest BCUT2D eigenvalue weighted by molar-refractivity contribution is -0.158. The third-order valence-corrected chi connectivity index (χ3v) is 4.49. The van der Waals surface area contributed by atoms with E-state index in [0.29, 0.717) is 6.10 Å². The average molecular weight is 284 g/mol. The van der Waals surface area contributed by atoms with Gasteiger partial charge in [-0.25, -0.2) is 0 Å². The first-order chi connectivity index (χ1) is 9.69. The van der Waals surface area contributed by atoms with Gasteiger partial charge in [0.2, 0.25) is 0 Å². The number of ether oxygens (including phenoxy) is 2. The van der Waals surface area contributed by atoms with Gasteiger partial charge in [0.1, 0.15) is 6.10 Å². The fraction of sp³-hybridized carbons (Fsp3) is 0.938. The smallest absolute Gasteiger partial charge is 0.309 e. The van der Waals surface area contributed by atoms with Gasteiger partial charge in [-0.1, -0.05) is 6.92 Å². The first-order valence-corrected chi connectivity index (χ1v) is 8.19. The van der Waals surface area contributed by atoms with Gasteiger partial charge in [0.25, 0.3) is 0 Å². The van der Waals surface area contributed by atoms with E-state index in [4.69, 9.17) is 9.47 Å². The van der Waals surface area contributed by atoms with Crippen LogP contribution >= 0.6 is 0 Å². The van der Waals surface area contributed by atoms with Crippen LogP contribution < -0.4 is 0 Å². The minimum atomic E-state index is -0.217. The molecule has 1 N–H and O–H groups in total. The monoisotopic (exact) mass is 284 g/mol. The van der Waals surface area contributed by atoms with Crippen molar-refractivity contribution in [2.24, 2.45) is 5.92 Å². The highest BCUT2D eigenvalue weighted by atomic mass is 16.5. The Balaban J connectivity index is 1.66. The molecule has 0 bridgehead atoms. The topological polar surface area (TPSA) is 55.8 Å². The van der Waals surface area contributed by atoms with Crippen LogP contribution in [0.2, 0.25) is 0 Å². The van der Waals surface area contributed by atoms with E-state index >= 15 is 0 Å². The Morgan fingerprint density at radius 2 is 1.60 bits per heavy atom. The molecule has 116 valence electrons. The molecule has 2 rings (SSSR count). The van der Waals surface area contributed by atoms with Crippen LogP contribution in [0.15, 0.2) is 0 Å². The van der Waals surface area contributed by atoms with Gasteiger partial charge in [0, 0.05) is 6.61 Å². The van der Waals surface area contributed by atoms with Crippen LogP contribution in [-0.4, -0.2) is 36.0 Å². The predicted molar refractivity (Wildman–Crippen MR) is 76.3 cm³/mol. The lowest BCUT2D eigenvalue weighted by Crippen LogP contribution is -2.32. The van der Waals surface area contributed by atoms with Gasteiger partial charge in [0.15, 0.2) is 0 Å². The van der Waals surface area contributed by atoms with Gasteiger partial charge in [-0.05, 0) is 57.8 Å². The van der Waals surface area contributed by atoms with Crippen molar-refractivity contribution in [2.45, 2.75) is 83.0 Å². The van der Waals surface area contributed by atoms with E-state index in [2.05, 4.69) is 6.92 Å². The van der Waals surface area contributed by atoms with Gasteiger partial charge in [-0.3, -0.25) is 4.79 Å². The van der Waals surface area contributed by atoms with Crippen LogP contribution in [0.4, 0.5) is 0 Å². The van der Waals surface area contributed by atoms with E-state index in [9.17, 15) is 9.90 Å². The molecule has 0 spiro atoms. The van der Waals surface area contributed by atoms with Crippen LogP contribution in [-0.2, 0) is 14.3 Å². The fourth-order valence-corrected chi connectivity index (χ4v) is 3.17. The SMILES string of the molecule is CCCOC1CCC(OC(=O)C2CCC(O)CC2)CC1. The Morgan fingerprint density at radius 3 is 2.20 bits per heavy atom. The van der Waals surface area contributed by atoms with Gasteiger partial charge < -0.3 is 14.6 Å². The summed E-state index contributed by atoms with van der Waals surface area (Å²) >= 11 is 0. The third-order valence-electron chi connectivity index (χ3n) is 4.49. The zero-order chi connectivity index (χ0) is 14.4. The van der Waals surface area contributed by atoms with Gasteiger partial charge in [0.05, 0.1) is 18.1 Å². The van der Waals surface area contributed by atoms with Crippen LogP contribution in [0.3, 0.4) is 0 Å². The summed E-state index contributed by atoms with van der Waals surface area (Å²) in [4.78, 5) is 12.1. The van der Waals surface area contributed by atoms with Gasteiger partial charge in [-0.2, -0.15) is 0 Å². The molecule has 0 amide bonds. The zero-order valence-electron chi connectivity index (χ0n) is 12.6. The number of rotatable bonds is 5. The number of aliphatic hydroxyl groups excluding tert-OH is 1. The molecule has 4 heteroatoms. The summed E-state index contributed by atoms with van der Waals surface area (Å²) in [7, 11) is 0. The number of aliphatic hydroxyl groups is 1. The van der Waals surface area contributed by atoms with E-state index in [1.165, 1.54) is 0 Å². The standard InChI is InChI=1S/C16H28O4/c1-2-11-19-14-7-9-15(10-8-14)20-16(18)12-3-5-13(17)6-4-12/h12-15,17H,2-11H2,1H3. The lowest BCUT2D eigenvalue weighted by atomic mass is 9.87. The number of hydrogen-bond donors (Lipinski definition) is 1. The first-order valence-electron chi connectivity index (χ1n) is 8.19. The molecule has 0 unspecified atom stereocenters. The normalized spacial score (nSPS) is 34.7. The van der Waals surface area contributed by atoms with Crippen molar-refractivity contribution >= 4 is 5.97 Å². The molecule has 2 aliphatic rings. The summed E-state index contributed by atoms with van der Waals surface area (Å²) in [5.41, 5.74) is 0. The lowest BCUT2D eigenvalue weighted by Gasteiger charge is -2.30. The molecule has 2 fully saturated rings. The predicted octanol–water partition coefficient (Wildman–Crippen LogP) is 2.82. The maximum atomic E-state index is 12.1. The number of carbonyl (C=O) groups is 1. The van der Waals surface area contributed by atoms with Gasteiger partial charge in [-0.15, -0.1) is 0 Å². The van der Waals surface area contributed by atoms with Crippen molar-refractivity contribution < 1.29 is 19.4 Å². The van der Waals surface area contributed by atoms with Crippen molar-refractivity contribution in [3.8, 4) is 0 Å². The first kappa shape index (κ1) is 15.8. The number of esters is 1. The number of hydrogen-bond acceptors (Lipinski definition) is 4. The van der Waals surface area contributed by atoms with E-state index in [1.807, 2.05) is 0 Å². The molecule has 0 aliphatic heterocycles. The molecular formula is C16H28O4. The number of carbonyl (C=O) groups excluding carboxylic acids is 1. The van der Waals surface area contributed by atoms with Crippen molar-refractivity contribution in [2.75, 3.05) is 6.61 Å². The van der Waals surface area contributed by atoms with Crippen LogP contribution in [0.1, 0.15) is 64.7 Å². The Bertz CT molecular complexity index is 289. The minimum absolute atomic E-state index is 0.00691. The molecule has 0 radical (unpaired) electrons. The molecule has 0 saturated heterocycles. The minimum Gasteiger partial charge on any atom is -0.462 e. The average Bonchev–Trinajstić information content (AvgIpc) is 2.47. The summed E-state index contributed by atoms with van der Waals surface area (Å²) in [6.45, 7) is 2.95. The van der Waals surface area contributed by atoms with Crippen molar-refractivity contribution in [1.82, 2.24) is 0 Å². The summed E-state index contributed by atoms with van der Waals surface area (Å²) in [5.74, 6) is -0.0395. The van der Waals surface area contributed by atoms with Crippen molar-refractivity contribution in [1.29, 1.82) is 0 Å². The summed E-state index contributed by atoms with van der Waals surface area (Å²) in [6.07, 6.45) is 8.14. The molecule has 0 atom stereocenters. The van der Waals surface area contributed by atoms with E-state index < -0.39 is 0 Å². The molecule has 2 aliphatic carbocycles. The third kappa shape index (κ3) is 4.74. The van der Waals surface area contributed by atoms with Crippen molar-refractivity contribution in [3.05, 3.63) is 0 Å². The second-order valence-corrected chi connectivity index (χ2v) is 6.21. The van der Waals surface area contributed by atoms with E-state index in [0.717, 1.165) is 64.4 Å². The zero-order valence-corrected chi connectivity index (χ0v) is 12.6. The fourth-order valence-electron chi connectivity index (χ4n) is 3.17. The Hall–Kier alpha value is -0.610. The summed E-state index contributed by atoms with van der Waals surface area (Å²) in [6, 6.07) is 0. The summed E-state index contributed by atoms with van der Waals surface area (Å²) < 4.78 is 11.4. The Kier molecular flexibility index (Phi) is 6.30. The second-order valence-electron chi connectivity index (χ2n) is 6.21. The molecule has 0 aromatic carbocycles. The molecular weight excluding hydrogens is 256 g/mol. The van der Waals surface area contributed by atoms with Crippen LogP contribution in [0, 0.1) is 5.92 Å². The highest BCUT2D eigenvalue weighted by Crippen LogP contribution is 2.28. The summed E-state index contributed by atoms with van der Waals surface area (Å²) in [5, 5.41) is 9.46. The molecule has 20 heavy (non-hydrogen) atoms. The molecule has 2 saturated carbocycles. The molecule has 0 heterocycles. The molecule has 0 aromatic heterocycles. The van der Waals surface area contributed by atoms with Crippen molar-refractivity contribution in [3.63, 3.8) is 0 Å². The Labute approximate surface area is 121 Å². The molecule has 0 aromatic rings. The van der Waals surface area contributed by atoms with E-state index in [1.54, 1.807) is 0 Å². The quantitative estimate of drug-likeness (QED) is 0.789. The highest BCUT2D eigenvalue weighted by Gasteiger charge is 2.30. The van der Waals surface area contributed by atoms with Crippen LogP contribution in [0.5, 0.6) is 0 Å². The largest absolute Gasteiger partial charge is 0.462 e. The van der Waals surface area contributed by atoms with Gasteiger partial charge >= 0.3 is 5.97 Å². The molecule has 4 nitrogen and oxygen atoms in total. The maximum Gasteiger partial charge on any atom is 0.309 e. The maximum absolute atomic E-state index is 12.1. The Morgan fingerprint density at radius 1 is 1.00 bits per heavy atom. The second kappa shape index (κ2) is 7.99. The van der Waals surface area contributed by atoms with Crippen LogP contribution in [0.25, 0.3) is 0 Å².